The summed E-state index contributed by atoms with van der Waals surface area (Å²) in [7, 11) is 0. The number of benzene rings is 2. The summed E-state index contributed by atoms with van der Waals surface area (Å²) in [6, 6.07) is 12.3. The monoisotopic (exact) mass is 401 g/mol. The minimum absolute atomic E-state index is 0.111. The van der Waals surface area contributed by atoms with Crippen molar-refractivity contribution in [2.24, 2.45) is 5.92 Å². The molecule has 1 N–H and O–H groups in total. The van der Waals surface area contributed by atoms with E-state index in [2.05, 4.69) is 4.90 Å². The first kappa shape index (κ1) is 21.1. The quantitative estimate of drug-likeness (QED) is 0.705. The number of rotatable bonds is 8. The van der Waals surface area contributed by atoms with Crippen LogP contribution in [0, 0.1) is 11.7 Å². The summed E-state index contributed by atoms with van der Waals surface area (Å²) < 4.78 is 25.0. The predicted molar refractivity (Wildman–Crippen MR) is 109 cm³/mol. The average molecular weight is 401 g/mol. The zero-order valence-electron chi connectivity index (χ0n) is 16.9. The standard InChI is InChI=1S/C23H28FNO4/c1-3-28-20-10-7-18(15-21(20)29-4-2)22(16-5-8-19(24)9-6-16)25-13-11-17(12-14-25)23(26)27/h5-10,15,17,22H,3-4,11-14H2,1-2H3,(H,26,27). The number of hydrogen-bond acceptors (Lipinski definition) is 4. The molecule has 2 aromatic carbocycles. The number of aliphatic carboxylic acids is 1. The fourth-order valence-electron chi connectivity index (χ4n) is 3.90. The molecule has 1 aliphatic rings. The van der Waals surface area contributed by atoms with Crippen molar-refractivity contribution < 1.29 is 23.8 Å². The molecule has 0 amide bonds. The molecule has 1 saturated heterocycles. The highest BCUT2D eigenvalue weighted by molar-refractivity contribution is 5.70. The number of carboxylic acids is 1. The highest BCUT2D eigenvalue weighted by atomic mass is 19.1. The molecule has 1 fully saturated rings. The molecule has 29 heavy (non-hydrogen) atoms. The van der Waals surface area contributed by atoms with Crippen molar-refractivity contribution >= 4 is 5.97 Å². The molecule has 6 heteroatoms. The largest absolute Gasteiger partial charge is 0.490 e. The fourth-order valence-corrected chi connectivity index (χ4v) is 3.90. The second-order valence-electron chi connectivity index (χ2n) is 7.17. The Bertz CT molecular complexity index is 816. The summed E-state index contributed by atoms with van der Waals surface area (Å²) in [5.41, 5.74) is 1.98. The van der Waals surface area contributed by atoms with Crippen molar-refractivity contribution in [2.45, 2.75) is 32.7 Å². The Morgan fingerprint density at radius 2 is 1.62 bits per heavy atom. The maximum atomic E-state index is 13.5. The number of nitrogens with zero attached hydrogens (tertiary/aromatic N) is 1. The number of ether oxygens (including phenoxy) is 2. The Morgan fingerprint density at radius 1 is 1.03 bits per heavy atom. The maximum absolute atomic E-state index is 13.5. The first-order chi connectivity index (χ1) is 14.0. The molecular weight excluding hydrogens is 373 g/mol. The average Bonchev–Trinajstić information content (AvgIpc) is 2.72. The van der Waals surface area contributed by atoms with Crippen LogP contribution in [-0.4, -0.2) is 42.3 Å². The van der Waals surface area contributed by atoms with E-state index < -0.39 is 5.97 Å². The molecule has 0 saturated carbocycles. The van der Waals surface area contributed by atoms with Crippen molar-refractivity contribution in [3.05, 3.63) is 59.4 Å². The van der Waals surface area contributed by atoms with Crippen LogP contribution in [0.4, 0.5) is 4.39 Å². The third-order valence-corrected chi connectivity index (χ3v) is 5.31. The lowest BCUT2D eigenvalue weighted by Gasteiger charge is -2.37. The lowest BCUT2D eigenvalue weighted by Crippen LogP contribution is -2.39. The Kier molecular flexibility index (Phi) is 7.09. The van der Waals surface area contributed by atoms with Gasteiger partial charge in [-0.1, -0.05) is 18.2 Å². The normalized spacial score (nSPS) is 16.4. The molecule has 1 unspecified atom stereocenters. The van der Waals surface area contributed by atoms with Gasteiger partial charge in [-0.15, -0.1) is 0 Å². The maximum Gasteiger partial charge on any atom is 0.306 e. The van der Waals surface area contributed by atoms with Crippen molar-refractivity contribution in [3.8, 4) is 11.5 Å². The fraction of sp³-hybridized carbons (Fsp3) is 0.435. The highest BCUT2D eigenvalue weighted by Gasteiger charge is 2.30. The molecular formula is C23H28FNO4. The zero-order chi connectivity index (χ0) is 20.8. The second kappa shape index (κ2) is 9.74. The molecule has 2 aromatic rings. The van der Waals surface area contributed by atoms with E-state index in [1.54, 1.807) is 12.1 Å². The lowest BCUT2D eigenvalue weighted by molar-refractivity contribution is -0.143. The van der Waals surface area contributed by atoms with Crippen LogP contribution >= 0.6 is 0 Å². The molecule has 1 heterocycles. The van der Waals surface area contributed by atoms with Crippen LogP contribution in [-0.2, 0) is 4.79 Å². The molecule has 0 bridgehead atoms. The first-order valence-corrected chi connectivity index (χ1v) is 10.1. The van der Waals surface area contributed by atoms with E-state index in [4.69, 9.17) is 9.47 Å². The van der Waals surface area contributed by atoms with Crippen molar-refractivity contribution in [1.29, 1.82) is 0 Å². The van der Waals surface area contributed by atoms with Gasteiger partial charge in [0.2, 0.25) is 0 Å². The van der Waals surface area contributed by atoms with E-state index in [-0.39, 0.29) is 17.8 Å². The molecule has 0 radical (unpaired) electrons. The van der Waals surface area contributed by atoms with Crippen molar-refractivity contribution in [2.75, 3.05) is 26.3 Å². The first-order valence-electron chi connectivity index (χ1n) is 10.1. The van der Waals surface area contributed by atoms with Gasteiger partial charge in [0.05, 0.1) is 25.2 Å². The van der Waals surface area contributed by atoms with Crippen molar-refractivity contribution in [3.63, 3.8) is 0 Å². The molecule has 5 nitrogen and oxygen atoms in total. The molecule has 3 rings (SSSR count). The van der Waals surface area contributed by atoms with Gasteiger partial charge < -0.3 is 14.6 Å². The van der Waals surface area contributed by atoms with Crippen molar-refractivity contribution in [1.82, 2.24) is 4.90 Å². The van der Waals surface area contributed by atoms with Gasteiger partial charge in [-0.2, -0.15) is 0 Å². The van der Waals surface area contributed by atoms with E-state index >= 15 is 0 Å². The van der Waals surface area contributed by atoms with E-state index in [1.165, 1.54) is 12.1 Å². The Balaban J connectivity index is 1.96. The van der Waals surface area contributed by atoms with Crippen LogP contribution in [0.15, 0.2) is 42.5 Å². The number of hydrogen-bond donors (Lipinski definition) is 1. The summed E-state index contributed by atoms with van der Waals surface area (Å²) in [4.78, 5) is 13.6. The molecule has 0 spiro atoms. The Labute approximate surface area is 171 Å². The minimum atomic E-state index is -0.734. The third kappa shape index (κ3) is 5.07. The van der Waals surface area contributed by atoms with Crippen LogP contribution in [0.25, 0.3) is 0 Å². The molecule has 156 valence electrons. The van der Waals surface area contributed by atoms with Crippen LogP contribution in [0.3, 0.4) is 0 Å². The van der Waals surface area contributed by atoms with Gasteiger partial charge in [0.15, 0.2) is 11.5 Å². The summed E-state index contributed by atoms with van der Waals surface area (Å²) in [5.74, 6) is 0.0563. The summed E-state index contributed by atoms with van der Waals surface area (Å²) in [6.45, 7) is 6.25. The number of likely N-dealkylation sites (tertiary alicyclic amines) is 1. The Morgan fingerprint density at radius 3 is 2.21 bits per heavy atom. The number of carbonyl (C=O) groups is 1. The van der Waals surface area contributed by atoms with E-state index in [1.807, 2.05) is 32.0 Å². The van der Waals surface area contributed by atoms with Gasteiger partial charge in [-0.25, -0.2) is 4.39 Å². The number of halogens is 1. The molecule has 1 atom stereocenters. The van der Waals surface area contributed by atoms with Gasteiger partial charge in [0.1, 0.15) is 5.82 Å². The molecule has 0 aliphatic carbocycles. The highest BCUT2D eigenvalue weighted by Crippen LogP contribution is 2.37. The van der Waals surface area contributed by atoms with Crippen LogP contribution in [0.1, 0.15) is 43.9 Å². The molecule has 0 aromatic heterocycles. The predicted octanol–water partition coefficient (Wildman–Crippen LogP) is 4.51. The zero-order valence-corrected chi connectivity index (χ0v) is 16.9. The third-order valence-electron chi connectivity index (χ3n) is 5.31. The van der Waals surface area contributed by atoms with E-state index in [9.17, 15) is 14.3 Å². The SMILES string of the molecule is CCOc1ccc(C(c2ccc(F)cc2)N2CCC(C(=O)O)CC2)cc1OCC. The van der Waals surface area contributed by atoms with Gasteiger partial charge in [0, 0.05) is 0 Å². The van der Waals surface area contributed by atoms with Gasteiger partial charge >= 0.3 is 5.97 Å². The van der Waals surface area contributed by atoms with E-state index in [0.717, 1.165) is 11.1 Å². The van der Waals surface area contributed by atoms with Crippen LogP contribution < -0.4 is 9.47 Å². The lowest BCUT2D eigenvalue weighted by atomic mass is 9.91. The number of carboxylic acid groups (broad SMARTS) is 1. The van der Waals surface area contributed by atoms with Gasteiger partial charge in [-0.05, 0) is 75.2 Å². The van der Waals surface area contributed by atoms with Gasteiger partial charge in [-0.3, -0.25) is 9.69 Å². The number of piperidine rings is 1. The minimum Gasteiger partial charge on any atom is -0.490 e. The van der Waals surface area contributed by atoms with Crippen LogP contribution in [0.5, 0.6) is 11.5 Å². The second-order valence-corrected chi connectivity index (χ2v) is 7.17. The van der Waals surface area contributed by atoms with Crippen LogP contribution in [0.2, 0.25) is 0 Å². The summed E-state index contributed by atoms with van der Waals surface area (Å²) >= 11 is 0. The summed E-state index contributed by atoms with van der Waals surface area (Å²) in [5, 5.41) is 9.31. The molecule has 1 aliphatic heterocycles. The van der Waals surface area contributed by atoms with Gasteiger partial charge in [0.25, 0.3) is 0 Å². The van der Waals surface area contributed by atoms with E-state index in [0.29, 0.717) is 50.6 Å². The topological polar surface area (TPSA) is 59.0 Å². The Hall–Kier alpha value is -2.60. The summed E-state index contributed by atoms with van der Waals surface area (Å²) in [6.07, 6.45) is 1.20. The smallest absolute Gasteiger partial charge is 0.306 e.